The Bertz CT molecular complexity index is 2720. The Morgan fingerprint density at radius 2 is 1.42 bits per heavy atom. The van der Waals surface area contributed by atoms with Crippen molar-refractivity contribution in [1.82, 2.24) is 47.4 Å². The summed E-state index contributed by atoms with van der Waals surface area (Å²) in [5.41, 5.74) is -1.86. The van der Waals surface area contributed by atoms with Gasteiger partial charge in [0.1, 0.15) is 72.5 Å². The number of likely N-dealkylation sites (N-methyl/N-ethyl adjacent to an activating group) is 1. The number of esters is 2. The minimum atomic E-state index is -1.99. The van der Waals surface area contributed by atoms with Crippen molar-refractivity contribution >= 4 is 59.4 Å². The SMILES string of the molecule is CC[C@H](C)[C@H]1NC(=O)[C@@H](NC(=O)[C@H](C)[C@H](O)C(C)C)[C@@H](C)OC(=O)[C@@H]2COC(=O)CNC(=O)/C=C/[C@](O)(CNCCCCCCNC(=O)OC(C)(C)C)[C@@H](C)Oc3ccc(cc3)C(NC1=O)C(=O)N(C)[C@@H](Cc1ccccc1)C(=O)N[C@H]([C@@H](C)O)C(=O)N2. The van der Waals surface area contributed by atoms with Crippen LogP contribution < -0.4 is 47.3 Å². The second-order valence-electron chi connectivity index (χ2n) is 24.0. The molecular formula is C62H93N9O17. The third kappa shape index (κ3) is 22.5. The van der Waals surface area contributed by atoms with Crippen molar-refractivity contribution in [3.05, 3.63) is 77.9 Å². The van der Waals surface area contributed by atoms with Gasteiger partial charge in [0.15, 0.2) is 6.04 Å². The molecule has 4 bridgehead atoms. The molecule has 2 aromatic carbocycles. The van der Waals surface area contributed by atoms with Crippen molar-refractivity contribution < 1.29 is 82.2 Å². The van der Waals surface area contributed by atoms with Crippen LogP contribution in [0.2, 0.25) is 0 Å². The van der Waals surface area contributed by atoms with Gasteiger partial charge in [-0.25, -0.2) is 9.59 Å². The third-order valence-electron chi connectivity index (χ3n) is 15.3. The van der Waals surface area contributed by atoms with Crippen LogP contribution in [0.5, 0.6) is 5.75 Å². The number of hydrogen-bond donors (Lipinski definition) is 11. The van der Waals surface area contributed by atoms with Gasteiger partial charge in [-0.3, -0.25) is 38.4 Å². The van der Waals surface area contributed by atoms with Crippen LogP contribution in [0, 0.1) is 17.8 Å². The van der Waals surface area contributed by atoms with E-state index in [4.69, 9.17) is 18.9 Å². The molecule has 26 heteroatoms. The van der Waals surface area contributed by atoms with Crippen LogP contribution in [0.1, 0.15) is 125 Å². The number of cyclic esters (lactones) is 1. The van der Waals surface area contributed by atoms with Crippen LogP contribution in [-0.4, -0.2) is 185 Å². The Hall–Kier alpha value is -7.68. The van der Waals surface area contributed by atoms with E-state index in [0.717, 1.165) is 23.8 Å². The topological polar surface area (TPSA) is 368 Å². The van der Waals surface area contributed by atoms with Crippen LogP contribution in [0.15, 0.2) is 66.7 Å². The van der Waals surface area contributed by atoms with Gasteiger partial charge < -0.3 is 81.7 Å². The molecule has 0 spiro atoms. The first-order valence-electron chi connectivity index (χ1n) is 30.0. The maximum atomic E-state index is 15.4. The Morgan fingerprint density at radius 1 is 0.795 bits per heavy atom. The molecule has 1 unspecified atom stereocenters. The molecule has 3 aliphatic heterocycles. The second-order valence-corrected chi connectivity index (χ2v) is 24.0. The highest BCUT2D eigenvalue weighted by Crippen LogP contribution is 2.26. The summed E-state index contributed by atoms with van der Waals surface area (Å²) < 4.78 is 22.8. The van der Waals surface area contributed by atoms with Crippen molar-refractivity contribution in [2.75, 3.05) is 39.8 Å². The molecule has 0 aliphatic carbocycles. The third-order valence-corrected chi connectivity index (χ3v) is 15.3. The van der Waals surface area contributed by atoms with Crippen molar-refractivity contribution in [2.45, 2.75) is 187 Å². The summed E-state index contributed by atoms with van der Waals surface area (Å²) in [6.45, 7) is 16.3. The number of rotatable bonds is 18. The number of benzene rings is 2. The lowest BCUT2D eigenvalue weighted by atomic mass is 9.93. The number of fused-ring (bicyclic) bond motifs is 11. The number of aliphatic hydroxyl groups is 3. The van der Waals surface area contributed by atoms with Gasteiger partial charge in [0.25, 0.3) is 0 Å². The van der Waals surface area contributed by atoms with E-state index < -0.39 is 162 Å². The first-order valence-corrected chi connectivity index (χ1v) is 30.0. The Balaban J connectivity index is 1.89. The highest BCUT2D eigenvalue weighted by Gasteiger charge is 2.42. The number of carbonyl (C=O) groups is 10. The van der Waals surface area contributed by atoms with Crippen molar-refractivity contribution in [3.8, 4) is 5.75 Å². The molecule has 0 radical (unpaired) electrons. The predicted molar refractivity (Wildman–Crippen MR) is 322 cm³/mol. The molecule has 1 fully saturated rings. The second kappa shape index (κ2) is 34.2. The zero-order valence-electron chi connectivity index (χ0n) is 52.6. The Labute approximate surface area is 515 Å². The van der Waals surface area contributed by atoms with Gasteiger partial charge in [-0.2, -0.15) is 0 Å². The average Bonchev–Trinajstić information content (AvgIpc) is 3.65. The molecule has 3 aliphatic rings. The van der Waals surface area contributed by atoms with E-state index in [1.807, 2.05) is 0 Å². The fraction of sp³-hybridized carbons (Fsp3) is 0.613. The van der Waals surface area contributed by atoms with E-state index in [-0.39, 0.29) is 30.7 Å². The summed E-state index contributed by atoms with van der Waals surface area (Å²) in [5.74, 6) is -11.4. The molecule has 88 heavy (non-hydrogen) atoms. The van der Waals surface area contributed by atoms with Crippen molar-refractivity contribution in [2.24, 2.45) is 17.8 Å². The van der Waals surface area contributed by atoms with E-state index >= 15 is 9.59 Å². The molecule has 2 aromatic rings. The molecule has 11 N–H and O–H groups in total. The number of hydrogen-bond acceptors (Lipinski definition) is 18. The van der Waals surface area contributed by atoms with Crippen molar-refractivity contribution in [1.29, 1.82) is 0 Å². The Kier molecular flexibility index (Phi) is 28.3. The summed E-state index contributed by atoms with van der Waals surface area (Å²) in [6, 6.07) is 4.05. The predicted octanol–water partition coefficient (Wildman–Crippen LogP) is 1.28. The number of ether oxygens (including phenoxy) is 4. The summed E-state index contributed by atoms with van der Waals surface area (Å²) >= 11 is 0. The normalized spacial score (nSPS) is 25.9. The molecule has 26 nitrogen and oxygen atoms in total. The standard InChI is InChI=1S/C62H93N9O17/c1-13-36(4)48-55(78)70-51-42-23-25-43(26-24-42)87-40(8)62(84,34-63-29-19-14-15-20-30-64-60(83)88-61(9,10)11)28-27-46(73)65-32-47(74)85-33-44(59(82)86-39(7)50(57(80)67-48)69-53(76)37(5)52(75)35(2)3)66-56(79)49(38(6)72)68-54(77)45(71(12)58(51)81)31-41-21-17-16-18-22-41/h16-18,21-28,35-40,44-45,48-52,63,72,75,84H,13-15,19-20,29-34H2,1-12H3,(H,64,83)(H,65,73)(H,66,79)(H,67,80)(H,68,77)(H,69,76)(H,70,78)/b28-27+/t36-,37+,38+,39+,40+,44-,45-,48+,49+,50-,51?,52+,62-/m0/s1. The van der Waals surface area contributed by atoms with Crippen LogP contribution >= 0.6 is 0 Å². The summed E-state index contributed by atoms with van der Waals surface area (Å²) in [6.07, 6.45) is -1.04. The van der Waals surface area contributed by atoms with Gasteiger partial charge in [-0.15, -0.1) is 0 Å². The maximum Gasteiger partial charge on any atom is 0.407 e. The zero-order valence-corrected chi connectivity index (χ0v) is 52.6. The Morgan fingerprint density at radius 3 is 2.03 bits per heavy atom. The molecular weight excluding hydrogens is 1140 g/mol. The van der Waals surface area contributed by atoms with E-state index in [1.54, 1.807) is 85.7 Å². The number of amides is 8. The molecule has 13 atom stereocenters. The molecule has 8 amide bonds. The monoisotopic (exact) mass is 1240 g/mol. The summed E-state index contributed by atoms with van der Waals surface area (Å²) in [5, 5.41) is 55.4. The highest BCUT2D eigenvalue weighted by molar-refractivity contribution is 5.98. The fourth-order valence-electron chi connectivity index (χ4n) is 9.47. The molecule has 0 aromatic heterocycles. The molecule has 488 valence electrons. The molecule has 0 saturated carbocycles. The zero-order chi connectivity index (χ0) is 65.6. The summed E-state index contributed by atoms with van der Waals surface area (Å²) in [7, 11) is 1.30. The smallest absolute Gasteiger partial charge is 0.407 e. The number of nitrogens with zero attached hydrogens (tertiary/aromatic N) is 1. The molecule has 3 heterocycles. The molecule has 1 saturated heterocycles. The van der Waals surface area contributed by atoms with Gasteiger partial charge in [0.05, 0.1) is 18.1 Å². The van der Waals surface area contributed by atoms with E-state index in [9.17, 15) is 53.7 Å². The van der Waals surface area contributed by atoms with Gasteiger partial charge in [-0.1, -0.05) is 96.3 Å². The number of unbranched alkanes of at least 4 members (excludes halogenated alkanes) is 3. The number of nitrogens with one attached hydrogen (secondary N) is 8. The fourth-order valence-corrected chi connectivity index (χ4v) is 9.47. The van der Waals surface area contributed by atoms with Gasteiger partial charge >= 0.3 is 18.0 Å². The first kappa shape index (κ1) is 72.8. The maximum absolute atomic E-state index is 15.4. The van der Waals surface area contributed by atoms with E-state index in [0.29, 0.717) is 31.5 Å². The van der Waals surface area contributed by atoms with Crippen LogP contribution in [0.3, 0.4) is 0 Å². The van der Waals surface area contributed by atoms with Gasteiger partial charge in [-0.05, 0) is 102 Å². The lowest BCUT2D eigenvalue weighted by Crippen LogP contribution is -2.61. The lowest BCUT2D eigenvalue weighted by molar-refractivity contribution is -0.160. The average molecular weight is 1240 g/mol. The largest absolute Gasteiger partial charge is 0.487 e. The summed E-state index contributed by atoms with van der Waals surface area (Å²) in [4.78, 5) is 142. The number of aliphatic hydroxyl groups excluding tert-OH is 2. The number of alkyl carbamates (subject to hydrolysis) is 1. The van der Waals surface area contributed by atoms with Crippen molar-refractivity contribution in [3.63, 3.8) is 0 Å². The minimum Gasteiger partial charge on any atom is -0.487 e. The molecule has 5 rings (SSSR count). The first-order chi connectivity index (χ1) is 41.4. The quantitative estimate of drug-likeness (QED) is 0.0569. The van der Waals surface area contributed by atoms with Crippen LogP contribution in [-0.2, 0) is 63.8 Å². The minimum absolute atomic E-state index is 0.135. The van der Waals surface area contributed by atoms with Crippen LogP contribution in [0.25, 0.3) is 0 Å². The number of carbonyl (C=O) groups excluding carboxylic acids is 10. The van der Waals surface area contributed by atoms with Gasteiger partial charge in [0.2, 0.25) is 41.4 Å². The van der Waals surface area contributed by atoms with Crippen LogP contribution in [0.4, 0.5) is 4.79 Å². The highest BCUT2D eigenvalue weighted by atomic mass is 16.6. The van der Waals surface area contributed by atoms with E-state index in [1.165, 1.54) is 58.2 Å². The van der Waals surface area contributed by atoms with Gasteiger partial charge in [0, 0.05) is 32.6 Å². The van der Waals surface area contributed by atoms with E-state index in [2.05, 4.69) is 42.5 Å². The lowest BCUT2D eigenvalue weighted by Gasteiger charge is -2.34.